The molecule has 1 atom stereocenters. The van der Waals surface area contributed by atoms with Crippen molar-refractivity contribution in [3.8, 4) is 0 Å². The minimum Gasteiger partial charge on any atom is -0.312 e. The molecule has 0 saturated carbocycles. The molecule has 1 aromatic rings. The van der Waals surface area contributed by atoms with E-state index in [-0.39, 0.29) is 0 Å². The van der Waals surface area contributed by atoms with Crippen molar-refractivity contribution < 1.29 is 0 Å². The zero-order valence-electron chi connectivity index (χ0n) is 9.20. The molecular formula is C10H17ClN4. The van der Waals surface area contributed by atoms with E-state index in [2.05, 4.69) is 22.2 Å². The quantitative estimate of drug-likeness (QED) is 0.816. The van der Waals surface area contributed by atoms with Gasteiger partial charge in [0.25, 0.3) is 0 Å². The van der Waals surface area contributed by atoms with Gasteiger partial charge in [-0.2, -0.15) is 5.10 Å². The Morgan fingerprint density at radius 3 is 3.07 bits per heavy atom. The third kappa shape index (κ3) is 2.51. The van der Waals surface area contributed by atoms with Crippen LogP contribution in [0.2, 0.25) is 5.02 Å². The van der Waals surface area contributed by atoms with Gasteiger partial charge in [0.05, 0.1) is 16.9 Å². The van der Waals surface area contributed by atoms with Crippen LogP contribution in [0.4, 0.5) is 0 Å². The van der Waals surface area contributed by atoms with Gasteiger partial charge in [0.2, 0.25) is 0 Å². The Morgan fingerprint density at radius 2 is 2.47 bits per heavy atom. The lowest BCUT2D eigenvalue weighted by Crippen LogP contribution is -2.48. The van der Waals surface area contributed by atoms with E-state index in [4.69, 9.17) is 11.6 Å². The van der Waals surface area contributed by atoms with Crippen molar-refractivity contribution >= 4 is 11.6 Å². The van der Waals surface area contributed by atoms with Crippen LogP contribution in [0, 0.1) is 0 Å². The van der Waals surface area contributed by atoms with Crippen molar-refractivity contribution in [1.29, 1.82) is 0 Å². The highest BCUT2D eigenvalue weighted by Gasteiger charge is 2.18. The van der Waals surface area contributed by atoms with E-state index in [1.165, 1.54) is 0 Å². The van der Waals surface area contributed by atoms with Crippen molar-refractivity contribution in [1.82, 2.24) is 20.0 Å². The van der Waals surface area contributed by atoms with Crippen LogP contribution in [0.1, 0.15) is 12.6 Å². The summed E-state index contributed by atoms with van der Waals surface area (Å²) in [6.45, 7) is 6.29. The molecule has 1 aromatic heterocycles. The molecule has 1 aliphatic heterocycles. The van der Waals surface area contributed by atoms with E-state index in [0.717, 1.165) is 36.9 Å². The van der Waals surface area contributed by atoms with Crippen LogP contribution in [0.15, 0.2) is 6.20 Å². The lowest BCUT2D eigenvalue weighted by Gasteiger charge is -2.31. The molecule has 0 bridgehead atoms. The summed E-state index contributed by atoms with van der Waals surface area (Å²) in [6, 6.07) is 0.561. The first-order chi connectivity index (χ1) is 7.16. The third-order valence-electron chi connectivity index (χ3n) is 2.84. The first kappa shape index (κ1) is 10.9. The Morgan fingerprint density at radius 1 is 1.67 bits per heavy atom. The number of rotatable bonds is 2. The maximum absolute atomic E-state index is 6.08. The summed E-state index contributed by atoms with van der Waals surface area (Å²) in [7, 11) is 1.94. The average Bonchev–Trinajstić information content (AvgIpc) is 2.50. The summed E-state index contributed by atoms with van der Waals surface area (Å²) in [5.41, 5.74) is 1.10. The van der Waals surface area contributed by atoms with Crippen LogP contribution in [0.3, 0.4) is 0 Å². The molecule has 5 heteroatoms. The highest BCUT2D eigenvalue weighted by Crippen LogP contribution is 2.16. The van der Waals surface area contributed by atoms with Crippen molar-refractivity contribution in [2.45, 2.75) is 19.5 Å². The van der Waals surface area contributed by atoms with E-state index in [0.29, 0.717) is 6.04 Å². The Bertz CT molecular complexity index is 317. The monoisotopic (exact) mass is 228 g/mol. The van der Waals surface area contributed by atoms with E-state index < -0.39 is 0 Å². The number of aromatic nitrogens is 2. The number of halogens is 1. The van der Waals surface area contributed by atoms with E-state index >= 15 is 0 Å². The van der Waals surface area contributed by atoms with Gasteiger partial charge in [0.1, 0.15) is 0 Å². The summed E-state index contributed by atoms with van der Waals surface area (Å²) < 4.78 is 1.86. The topological polar surface area (TPSA) is 33.1 Å². The van der Waals surface area contributed by atoms with Crippen molar-refractivity contribution in [2.24, 2.45) is 7.05 Å². The maximum Gasteiger partial charge on any atom is 0.0831 e. The summed E-state index contributed by atoms with van der Waals surface area (Å²) in [4.78, 5) is 2.41. The van der Waals surface area contributed by atoms with Gasteiger partial charge in [0, 0.05) is 39.3 Å². The van der Waals surface area contributed by atoms with Gasteiger partial charge in [0.15, 0.2) is 0 Å². The summed E-state index contributed by atoms with van der Waals surface area (Å²) in [6.07, 6.45) is 1.71. The largest absolute Gasteiger partial charge is 0.312 e. The smallest absolute Gasteiger partial charge is 0.0831 e. The molecule has 0 unspecified atom stereocenters. The number of hydrogen-bond donors (Lipinski definition) is 1. The predicted octanol–water partition coefficient (Wildman–Crippen LogP) is 0.867. The second-order valence-electron chi connectivity index (χ2n) is 4.15. The number of piperazine rings is 1. The molecule has 1 fully saturated rings. The van der Waals surface area contributed by atoms with Crippen LogP contribution in [-0.4, -0.2) is 40.4 Å². The summed E-state index contributed by atoms with van der Waals surface area (Å²) >= 11 is 6.08. The Balaban J connectivity index is 2.02. The van der Waals surface area contributed by atoms with E-state index in [9.17, 15) is 0 Å². The van der Waals surface area contributed by atoms with E-state index in [1.807, 2.05) is 11.7 Å². The fraction of sp³-hybridized carbons (Fsp3) is 0.700. The zero-order chi connectivity index (χ0) is 10.8. The van der Waals surface area contributed by atoms with Gasteiger partial charge in [-0.15, -0.1) is 0 Å². The minimum absolute atomic E-state index is 0.561. The predicted molar refractivity (Wildman–Crippen MR) is 61.0 cm³/mol. The number of aryl methyl sites for hydroxylation is 1. The zero-order valence-corrected chi connectivity index (χ0v) is 9.96. The molecule has 2 rings (SSSR count). The number of nitrogens with one attached hydrogen (secondary N) is 1. The normalized spacial score (nSPS) is 23.3. The molecule has 0 radical (unpaired) electrons. The van der Waals surface area contributed by atoms with Gasteiger partial charge in [-0.05, 0) is 6.92 Å². The molecule has 1 aliphatic rings. The fourth-order valence-electron chi connectivity index (χ4n) is 1.98. The first-order valence-corrected chi connectivity index (χ1v) is 5.66. The summed E-state index contributed by atoms with van der Waals surface area (Å²) in [5.74, 6) is 0. The first-order valence-electron chi connectivity index (χ1n) is 5.29. The van der Waals surface area contributed by atoms with Crippen LogP contribution in [0.5, 0.6) is 0 Å². The van der Waals surface area contributed by atoms with Gasteiger partial charge in [-0.1, -0.05) is 11.6 Å². The molecule has 4 nitrogen and oxygen atoms in total. The molecule has 0 aromatic carbocycles. The second kappa shape index (κ2) is 4.51. The molecule has 0 aliphatic carbocycles. The third-order valence-corrected chi connectivity index (χ3v) is 3.15. The Hall–Kier alpha value is -0.580. The summed E-state index contributed by atoms with van der Waals surface area (Å²) in [5, 5.41) is 8.33. The highest BCUT2D eigenvalue weighted by molar-refractivity contribution is 6.31. The molecule has 15 heavy (non-hydrogen) atoms. The van der Waals surface area contributed by atoms with Gasteiger partial charge < -0.3 is 5.32 Å². The number of hydrogen-bond acceptors (Lipinski definition) is 3. The van der Waals surface area contributed by atoms with Crippen molar-refractivity contribution in [3.63, 3.8) is 0 Å². The van der Waals surface area contributed by atoms with E-state index in [1.54, 1.807) is 6.20 Å². The van der Waals surface area contributed by atoms with Gasteiger partial charge in [-0.3, -0.25) is 9.58 Å². The molecule has 2 heterocycles. The molecule has 1 N–H and O–H groups in total. The average molecular weight is 229 g/mol. The lowest BCUT2D eigenvalue weighted by atomic mass is 10.2. The second-order valence-corrected chi connectivity index (χ2v) is 4.56. The number of nitrogens with zero attached hydrogens (tertiary/aromatic N) is 3. The SMILES string of the molecule is C[C@@H]1CN(Cc2c(Cl)cnn2C)CCN1. The van der Waals surface area contributed by atoms with Crippen LogP contribution in [-0.2, 0) is 13.6 Å². The van der Waals surface area contributed by atoms with Gasteiger partial charge in [-0.25, -0.2) is 0 Å². The van der Waals surface area contributed by atoms with Crippen molar-refractivity contribution in [3.05, 3.63) is 16.9 Å². The molecule has 1 saturated heterocycles. The molecule has 0 spiro atoms. The standard InChI is InChI=1S/C10H17ClN4/c1-8-6-15(4-3-12-8)7-10-9(11)5-13-14(10)2/h5,8,12H,3-4,6-7H2,1-2H3/t8-/m1/s1. The minimum atomic E-state index is 0.561. The van der Waals surface area contributed by atoms with Crippen LogP contribution in [0.25, 0.3) is 0 Å². The molecule has 0 amide bonds. The maximum atomic E-state index is 6.08. The lowest BCUT2D eigenvalue weighted by molar-refractivity contribution is 0.195. The molecule has 84 valence electrons. The molecular weight excluding hydrogens is 212 g/mol. The van der Waals surface area contributed by atoms with Crippen LogP contribution < -0.4 is 5.32 Å². The van der Waals surface area contributed by atoms with Crippen LogP contribution >= 0.6 is 11.6 Å². The van der Waals surface area contributed by atoms with Crippen molar-refractivity contribution in [2.75, 3.05) is 19.6 Å². The highest BCUT2D eigenvalue weighted by atomic mass is 35.5. The Kier molecular flexibility index (Phi) is 3.29. The Labute approximate surface area is 95.2 Å². The van der Waals surface area contributed by atoms with Gasteiger partial charge >= 0.3 is 0 Å². The fourth-order valence-corrected chi connectivity index (χ4v) is 2.21.